The summed E-state index contributed by atoms with van der Waals surface area (Å²) in [5.74, 6) is -0.565. The molecule has 1 fully saturated rings. The average Bonchev–Trinajstić information content (AvgIpc) is 3.30. The molecule has 2 atom stereocenters. The maximum atomic E-state index is 12.6. The third-order valence-electron chi connectivity index (χ3n) is 5.78. The number of amides is 2. The van der Waals surface area contributed by atoms with E-state index in [4.69, 9.17) is 9.47 Å². The third kappa shape index (κ3) is 4.40. The number of likely N-dealkylation sites (tertiary alicyclic amines) is 1. The summed E-state index contributed by atoms with van der Waals surface area (Å²) in [6.07, 6.45) is -1.09. The maximum absolute atomic E-state index is 12.6. The predicted molar refractivity (Wildman–Crippen MR) is 119 cm³/mol. The van der Waals surface area contributed by atoms with Crippen molar-refractivity contribution in [3.63, 3.8) is 0 Å². The van der Waals surface area contributed by atoms with Crippen LogP contribution in [0.5, 0.6) is 0 Å². The Balaban J connectivity index is 1.38. The lowest BCUT2D eigenvalue weighted by atomic mass is 9.98. The van der Waals surface area contributed by atoms with E-state index in [1.807, 2.05) is 24.3 Å². The van der Waals surface area contributed by atoms with Crippen LogP contribution in [-0.4, -0.2) is 48.4 Å². The number of hydrogen-bond donors (Lipinski definition) is 1. The molecular weight excluding hydrogens is 406 g/mol. The number of carbonyl (C=O) groups is 2. The Morgan fingerprint density at radius 2 is 1.66 bits per heavy atom. The lowest BCUT2D eigenvalue weighted by Gasteiger charge is -2.24. The van der Waals surface area contributed by atoms with Crippen LogP contribution < -0.4 is 5.32 Å². The van der Waals surface area contributed by atoms with Gasteiger partial charge in [-0.2, -0.15) is 5.26 Å². The van der Waals surface area contributed by atoms with Crippen LogP contribution in [0.3, 0.4) is 0 Å². The zero-order chi connectivity index (χ0) is 22.9. The number of alkyl carbamates (subject to hydrolysis) is 1. The normalized spacial score (nSPS) is 19.6. The summed E-state index contributed by atoms with van der Waals surface area (Å²) in [5, 5.41) is 12.2. The Bertz CT molecular complexity index is 1020. The van der Waals surface area contributed by atoms with Gasteiger partial charge in [-0.15, -0.1) is 0 Å². The first-order valence-corrected chi connectivity index (χ1v) is 10.8. The topological polar surface area (TPSA) is 91.7 Å². The van der Waals surface area contributed by atoms with Crippen LogP contribution in [-0.2, 0) is 9.47 Å². The van der Waals surface area contributed by atoms with E-state index in [1.165, 1.54) is 4.90 Å². The Morgan fingerprint density at radius 1 is 1.06 bits per heavy atom. The van der Waals surface area contributed by atoms with Crippen LogP contribution in [0.4, 0.5) is 9.59 Å². The van der Waals surface area contributed by atoms with Gasteiger partial charge in [0, 0.05) is 19.0 Å². The van der Waals surface area contributed by atoms with Crippen molar-refractivity contribution in [2.45, 2.75) is 38.3 Å². The molecule has 2 unspecified atom stereocenters. The number of nitrogens with one attached hydrogen (secondary N) is 1. The molecule has 2 aliphatic rings. The van der Waals surface area contributed by atoms with Crippen LogP contribution in [0.15, 0.2) is 48.5 Å². The first kappa shape index (κ1) is 21.7. The molecule has 0 radical (unpaired) electrons. The average molecular weight is 434 g/mol. The van der Waals surface area contributed by atoms with Gasteiger partial charge in [0.25, 0.3) is 0 Å². The second kappa shape index (κ2) is 8.54. The lowest BCUT2D eigenvalue weighted by molar-refractivity contribution is 0.0287. The molecule has 4 rings (SSSR count). The number of ether oxygens (including phenoxy) is 2. The van der Waals surface area contributed by atoms with Gasteiger partial charge in [-0.05, 0) is 43.0 Å². The highest BCUT2D eigenvalue weighted by atomic mass is 16.6. The molecule has 1 saturated heterocycles. The van der Waals surface area contributed by atoms with Crippen LogP contribution in [0.2, 0.25) is 0 Å². The minimum atomic E-state index is -0.627. The highest BCUT2D eigenvalue weighted by Gasteiger charge is 2.38. The van der Waals surface area contributed by atoms with Gasteiger partial charge in [-0.25, -0.2) is 9.59 Å². The van der Waals surface area contributed by atoms with Crippen molar-refractivity contribution in [3.05, 3.63) is 59.7 Å². The fraction of sp³-hybridized carbons (Fsp3) is 0.400. The largest absolute Gasteiger partial charge is 0.449 e. The molecule has 2 amide bonds. The monoisotopic (exact) mass is 433 g/mol. The fourth-order valence-electron chi connectivity index (χ4n) is 4.35. The first-order valence-electron chi connectivity index (χ1n) is 10.8. The van der Waals surface area contributed by atoms with E-state index in [0.29, 0.717) is 0 Å². The van der Waals surface area contributed by atoms with Crippen molar-refractivity contribution < 1.29 is 19.1 Å². The van der Waals surface area contributed by atoms with Crippen molar-refractivity contribution in [3.8, 4) is 17.2 Å². The van der Waals surface area contributed by atoms with Crippen LogP contribution in [0.25, 0.3) is 11.1 Å². The molecule has 32 heavy (non-hydrogen) atoms. The minimum absolute atomic E-state index is 0.0400. The molecule has 1 N–H and O–H groups in total. The van der Waals surface area contributed by atoms with E-state index in [0.717, 1.165) is 22.3 Å². The molecule has 1 aliphatic carbocycles. The minimum Gasteiger partial charge on any atom is -0.449 e. The van der Waals surface area contributed by atoms with Gasteiger partial charge >= 0.3 is 12.2 Å². The Hall–Kier alpha value is -3.53. The van der Waals surface area contributed by atoms with Crippen molar-refractivity contribution >= 4 is 12.2 Å². The summed E-state index contributed by atoms with van der Waals surface area (Å²) in [7, 11) is 0. The van der Waals surface area contributed by atoms with E-state index < -0.39 is 29.7 Å². The molecule has 1 aliphatic heterocycles. The number of rotatable bonds is 3. The van der Waals surface area contributed by atoms with Crippen molar-refractivity contribution in [1.82, 2.24) is 10.2 Å². The second-order valence-corrected chi connectivity index (χ2v) is 9.20. The molecule has 0 aromatic heterocycles. The quantitative estimate of drug-likeness (QED) is 0.780. The fourth-order valence-corrected chi connectivity index (χ4v) is 4.35. The third-order valence-corrected chi connectivity index (χ3v) is 5.78. The van der Waals surface area contributed by atoms with Crippen molar-refractivity contribution in [2.24, 2.45) is 5.92 Å². The van der Waals surface area contributed by atoms with Gasteiger partial charge in [0.1, 0.15) is 12.2 Å². The molecule has 0 saturated carbocycles. The summed E-state index contributed by atoms with van der Waals surface area (Å²) < 4.78 is 11.0. The SMILES string of the molecule is CC(C)(C)OC(=O)N1CC(C#N)C(NC(=O)OCC2c3ccccc3-c3ccccc32)C1. The molecule has 7 heteroatoms. The smallest absolute Gasteiger partial charge is 0.410 e. The Kier molecular flexibility index (Phi) is 5.79. The van der Waals surface area contributed by atoms with Gasteiger partial charge in [-0.1, -0.05) is 48.5 Å². The van der Waals surface area contributed by atoms with E-state index in [1.54, 1.807) is 20.8 Å². The maximum Gasteiger partial charge on any atom is 0.410 e. The zero-order valence-electron chi connectivity index (χ0n) is 18.5. The number of benzene rings is 2. The van der Waals surface area contributed by atoms with Gasteiger partial charge in [0.2, 0.25) is 0 Å². The molecule has 7 nitrogen and oxygen atoms in total. The number of nitrogens with zero attached hydrogens (tertiary/aromatic N) is 2. The second-order valence-electron chi connectivity index (χ2n) is 9.20. The van der Waals surface area contributed by atoms with Crippen molar-refractivity contribution in [1.29, 1.82) is 5.26 Å². The first-order chi connectivity index (χ1) is 15.3. The molecule has 166 valence electrons. The van der Waals surface area contributed by atoms with Gasteiger partial charge in [-0.3, -0.25) is 0 Å². The van der Waals surface area contributed by atoms with Gasteiger partial charge in [0.15, 0.2) is 0 Å². The van der Waals surface area contributed by atoms with Gasteiger partial charge < -0.3 is 19.7 Å². The molecule has 2 aromatic rings. The lowest BCUT2D eigenvalue weighted by Crippen LogP contribution is -2.42. The number of hydrogen-bond acceptors (Lipinski definition) is 5. The summed E-state index contributed by atoms with van der Waals surface area (Å²) >= 11 is 0. The Morgan fingerprint density at radius 3 is 2.22 bits per heavy atom. The van der Waals surface area contributed by atoms with E-state index in [9.17, 15) is 14.9 Å². The standard InChI is InChI=1S/C25H27N3O4/c1-25(2,3)32-24(30)28-13-16(12-26)22(14-28)27-23(29)31-15-21-19-10-6-4-8-17(19)18-9-5-7-11-20(18)21/h4-11,16,21-22H,13-15H2,1-3H3,(H,27,29). The highest BCUT2D eigenvalue weighted by Crippen LogP contribution is 2.44. The van der Waals surface area contributed by atoms with Crippen LogP contribution in [0, 0.1) is 17.2 Å². The molecule has 1 heterocycles. The number of nitriles is 1. The molecule has 0 spiro atoms. The number of fused-ring (bicyclic) bond motifs is 3. The summed E-state index contributed by atoms with van der Waals surface area (Å²) in [6, 6.07) is 17.9. The Labute approximate surface area is 187 Å². The molecule has 0 bridgehead atoms. The van der Waals surface area contributed by atoms with Gasteiger partial charge in [0.05, 0.1) is 18.0 Å². The van der Waals surface area contributed by atoms with E-state index in [-0.39, 0.29) is 25.6 Å². The summed E-state index contributed by atoms with van der Waals surface area (Å²) in [5.41, 5.74) is 3.95. The van der Waals surface area contributed by atoms with Crippen molar-refractivity contribution in [2.75, 3.05) is 19.7 Å². The molecule has 2 aromatic carbocycles. The van der Waals surface area contributed by atoms with E-state index >= 15 is 0 Å². The number of carbonyl (C=O) groups excluding carboxylic acids is 2. The summed E-state index contributed by atoms with van der Waals surface area (Å²) in [4.78, 5) is 26.4. The summed E-state index contributed by atoms with van der Waals surface area (Å²) in [6.45, 7) is 5.97. The van der Waals surface area contributed by atoms with Crippen LogP contribution in [0.1, 0.15) is 37.8 Å². The molecular formula is C25H27N3O4. The van der Waals surface area contributed by atoms with E-state index in [2.05, 4.69) is 35.7 Å². The highest BCUT2D eigenvalue weighted by molar-refractivity contribution is 5.79. The zero-order valence-corrected chi connectivity index (χ0v) is 18.5. The predicted octanol–water partition coefficient (Wildman–Crippen LogP) is 4.28. The van der Waals surface area contributed by atoms with Crippen LogP contribution >= 0.6 is 0 Å².